The average molecular weight is 469 g/mol. The minimum atomic E-state index is -0.524. The molecular formula is C30H25FO4. The minimum absolute atomic E-state index is 0.287. The van der Waals surface area contributed by atoms with Crippen LogP contribution in [-0.2, 0) is 9.59 Å². The molecule has 0 saturated carbocycles. The fraction of sp³-hybridized carbons (Fsp3) is 0.0667. The highest BCUT2D eigenvalue weighted by Crippen LogP contribution is 2.24. The van der Waals surface area contributed by atoms with Crippen molar-refractivity contribution < 1.29 is 23.5 Å². The molecule has 3 aromatic carbocycles. The molecular weight excluding hydrogens is 443 g/mol. The number of halogens is 1. The van der Waals surface area contributed by atoms with Crippen LogP contribution in [-0.4, -0.2) is 11.9 Å². The summed E-state index contributed by atoms with van der Waals surface area (Å²) in [4.78, 5) is 23.7. The quantitative estimate of drug-likeness (QED) is 0.153. The third-order valence-electron chi connectivity index (χ3n) is 4.86. The summed E-state index contributed by atoms with van der Waals surface area (Å²) in [6, 6.07) is 18.9. The van der Waals surface area contributed by atoms with Crippen molar-refractivity contribution in [2.75, 3.05) is 0 Å². The highest BCUT2D eigenvalue weighted by Gasteiger charge is 2.09. The molecule has 176 valence electrons. The topological polar surface area (TPSA) is 52.6 Å². The number of para-hydroxylation sites is 2. The maximum absolute atomic E-state index is 14.8. The van der Waals surface area contributed by atoms with Crippen molar-refractivity contribution in [3.63, 3.8) is 0 Å². The number of hydrogen-bond acceptors (Lipinski definition) is 4. The van der Waals surface area contributed by atoms with Gasteiger partial charge in [0, 0.05) is 27.8 Å². The highest BCUT2D eigenvalue weighted by molar-refractivity contribution is 5.90. The number of ether oxygens (including phenoxy) is 2. The Morgan fingerprint density at radius 1 is 0.686 bits per heavy atom. The van der Waals surface area contributed by atoms with Gasteiger partial charge in [-0.25, -0.2) is 14.0 Å². The van der Waals surface area contributed by atoms with Crippen molar-refractivity contribution in [3.8, 4) is 11.5 Å². The maximum Gasteiger partial charge on any atom is 0.338 e. The Morgan fingerprint density at radius 3 is 1.63 bits per heavy atom. The van der Waals surface area contributed by atoms with Gasteiger partial charge in [0.1, 0.15) is 17.3 Å². The molecule has 35 heavy (non-hydrogen) atoms. The van der Waals surface area contributed by atoms with Crippen LogP contribution in [0.25, 0.3) is 24.3 Å². The third-order valence-corrected chi connectivity index (χ3v) is 4.86. The summed E-state index contributed by atoms with van der Waals surface area (Å²) in [7, 11) is 0. The number of rotatable bonds is 8. The molecule has 4 nitrogen and oxygen atoms in total. The van der Waals surface area contributed by atoms with E-state index in [1.54, 1.807) is 92.7 Å². The van der Waals surface area contributed by atoms with Gasteiger partial charge < -0.3 is 9.47 Å². The molecule has 0 radical (unpaired) electrons. The first kappa shape index (κ1) is 25.1. The molecule has 0 atom stereocenters. The predicted octanol–water partition coefficient (Wildman–Crippen LogP) is 7.13. The van der Waals surface area contributed by atoms with E-state index in [1.165, 1.54) is 6.07 Å². The minimum Gasteiger partial charge on any atom is -0.423 e. The Kier molecular flexibility index (Phi) is 8.30. The first-order valence-corrected chi connectivity index (χ1v) is 10.8. The van der Waals surface area contributed by atoms with Gasteiger partial charge >= 0.3 is 11.9 Å². The number of benzene rings is 3. The van der Waals surface area contributed by atoms with Crippen LogP contribution < -0.4 is 9.47 Å². The van der Waals surface area contributed by atoms with E-state index in [4.69, 9.17) is 9.47 Å². The van der Waals surface area contributed by atoms with Crippen LogP contribution in [0.5, 0.6) is 11.5 Å². The second kappa shape index (κ2) is 11.6. The summed E-state index contributed by atoms with van der Waals surface area (Å²) in [5.41, 5.74) is 2.90. The van der Waals surface area contributed by atoms with Crippen molar-refractivity contribution >= 4 is 36.2 Å². The molecule has 0 aliphatic rings. The fourth-order valence-corrected chi connectivity index (χ4v) is 2.94. The molecule has 0 aromatic heterocycles. The second-order valence-electron chi connectivity index (χ2n) is 7.86. The lowest BCUT2D eigenvalue weighted by atomic mass is 10.1. The van der Waals surface area contributed by atoms with Crippen molar-refractivity contribution in [3.05, 3.63) is 119 Å². The third kappa shape index (κ3) is 6.98. The zero-order valence-corrected chi connectivity index (χ0v) is 19.6. The largest absolute Gasteiger partial charge is 0.423 e. The SMILES string of the molecule is C=C(C)C(=O)Oc1ccccc1C=Cc1ccc(C=Cc2ccccc2OC(=O)C(=C)C)c(F)c1. The molecule has 0 saturated heterocycles. The molecule has 0 aliphatic heterocycles. The van der Waals surface area contributed by atoms with Gasteiger partial charge in [-0.3, -0.25) is 0 Å². The molecule has 0 heterocycles. The molecule has 0 spiro atoms. The van der Waals surface area contributed by atoms with Gasteiger partial charge in [-0.15, -0.1) is 0 Å². The fourth-order valence-electron chi connectivity index (χ4n) is 2.94. The summed E-state index contributed by atoms with van der Waals surface area (Å²) in [5.74, 6) is -0.694. The van der Waals surface area contributed by atoms with E-state index < -0.39 is 17.8 Å². The lowest BCUT2D eigenvalue weighted by molar-refractivity contribution is -0.130. The molecule has 0 aliphatic carbocycles. The van der Waals surface area contributed by atoms with Gasteiger partial charge in [-0.05, 0) is 37.6 Å². The molecule has 0 N–H and O–H groups in total. The lowest BCUT2D eigenvalue weighted by Crippen LogP contribution is -2.08. The Balaban J connectivity index is 1.78. The van der Waals surface area contributed by atoms with Gasteiger partial charge in [-0.1, -0.05) is 86.0 Å². The van der Waals surface area contributed by atoms with Crippen LogP contribution in [0.3, 0.4) is 0 Å². The van der Waals surface area contributed by atoms with E-state index in [0.717, 1.165) is 0 Å². The summed E-state index contributed by atoms with van der Waals surface area (Å²) < 4.78 is 25.5. The lowest BCUT2D eigenvalue weighted by Gasteiger charge is -2.07. The smallest absolute Gasteiger partial charge is 0.338 e. The highest BCUT2D eigenvalue weighted by atomic mass is 19.1. The van der Waals surface area contributed by atoms with E-state index in [2.05, 4.69) is 13.2 Å². The first-order valence-electron chi connectivity index (χ1n) is 10.8. The Bertz CT molecular complexity index is 1350. The molecule has 0 fully saturated rings. The van der Waals surface area contributed by atoms with Gasteiger partial charge in [0.05, 0.1) is 0 Å². The number of esters is 2. The van der Waals surface area contributed by atoms with Crippen LogP contribution in [0.1, 0.15) is 36.1 Å². The number of hydrogen-bond donors (Lipinski definition) is 0. The van der Waals surface area contributed by atoms with Crippen LogP contribution in [0.4, 0.5) is 4.39 Å². The second-order valence-corrected chi connectivity index (χ2v) is 7.86. The van der Waals surface area contributed by atoms with Gasteiger partial charge in [0.2, 0.25) is 0 Å². The van der Waals surface area contributed by atoms with E-state index in [1.807, 2.05) is 6.07 Å². The number of carbonyl (C=O) groups is 2. The number of carbonyl (C=O) groups excluding carboxylic acids is 2. The first-order chi connectivity index (χ1) is 16.7. The Morgan fingerprint density at radius 2 is 1.14 bits per heavy atom. The molecule has 5 heteroatoms. The monoisotopic (exact) mass is 468 g/mol. The molecule has 3 aromatic rings. The Labute approximate surface area is 204 Å². The zero-order valence-electron chi connectivity index (χ0n) is 19.6. The van der Waals surface area contributed by atoms with E-state index in [0.29, 0.717) is 39.3 Å². The van der Waals surface area contributed by atoms with Gasteiger partial charge in [0.25, 0.3) is 0 Å². The standard InChI is InChI=1S/C30H25FO4/c1-20(2)29(32)34-27-11-7-5-9-24(27)16-14-22-13-15-23(26(31)19-22)17-18-25-10-6-8-12-28(25)35-30(33)21(3)4/h5-19H,1,3H2,2,4H3. The van der Waals surface area contributed by atoms with Gasteiger partial charge in [-0.2, -0.15) is 0 Å². The van der Waals surface area contributed by atoms with E-state index in [9.17, 15) is 14.0 Å². The maximum atomic E-state index is 14.8. The van der Waals surface area contributed by atoms with Crippen molar-refractivity contribution in [2.24, 2.45) is 0 Å². The molecule has 0 amide bonds. The normalized spacial score (nSPS) is 10.9. The molecule has 0 unspecified atom stereocenters. The van der Waals surface area contributed by atoms with Crippen molar-refractivity contribution in [2.45, 2.75) is 13.8 Å². The van der Waals surface area contributed by atoms with Crippen LogP contribution >= 0.6 is 0 Å². The molecule has 3 rings (SSSR count). The summed E-state index contributed by atoms with van der Waals surface area (Å²) >= 11 is 0. The Hall–Kier alpha value is -4.51. The summed E-state index contributed by atoms with van der Waals surface area (Å²) in [6.07, 6.45) is 6.78. The van der Waals surface area contributed by atoms with Crippen molar-refractivity contribution in [1.29, 1.82) is 0 Å². The van der Waals surface area contributed by atoms with Crippen molar-refractivity contribution in [1.82, 2.24) is 0 Å². The van der Waals surface area contributed by atoms with Crippen LogP contribution in [0.2, 0.25) is 0 Å². The molecule has 0 bridgehead atoms. The van der Waals surface area contributed by atoms with Gasteiger partial charge in [0.15, 0.2) is 0 Å². The van der Waals surface area contributed by atoms with Crippen LogP contribution in [0.15, 0.2) is 91.0 Å². The zero-order chi connectivity index (χ0) is 25.4. The summed E-state index contributed by atoms with van der Waals surface area (Å²) in [5, 5.41) is 0. The van der Waals surface area contributed by atoms with E-state index >= 15 is 0 Å². The van der Waals surface area contributed by atoms with Crippen LogP contribution in [0, 0.1) is 5.82 Å². The average Bonchev–Trinajstić information content (AvgIpc) is 2.83. The summed E-state index contributed by atoms with van der Waals surface area (Å²) in [6.45, 7) is 10.3. The predicted molar refractivity (Wildman–Crippen MR) is 138 cm³/mol. The van der Waals surface area contributed by atoms with E-state index in [-0.39, 0.29) is 5.57 Å².